The molecule has 98 valence electrons. The van der Waals surface area contributed by atoms with Gasteiger partial charge in [-0.25, -0.2) is 0 Å². The smallest absolute Gasteiger partial charge is 0.251 e. The summed E-state index contributed by atoms with van der Waals surface area (Å²) < 4.78 is 0.814. The van der Waals surface area contributed by atoms with E-state index in [2.05, 4.69) is 21.2 Å². The second-order valence-electron chi connectivity index (χ2n) is 4.25. The van der Waals surface area contributed by atoms with Gasteiger partial charge in [0.1, 0.15) is 6.04 Å². The summed E-state index contributed by atoms with van der Waals surface area (Å²) in [7, 11) is 0. The average molecular weight is 313 g/mol. The second kappa shape index (κ2) is 6.54. The highest BCUT2D eigenvalue weighted by Crippen LogP contribution is 2.13. The summed E-state index contributed by atoms with van der Waals surface area (Å²) in [6.07, 6.45) is 0.770. The monoisotopic (exact) mass is 312 g/mol. The van der Waals surface area contributed by atoms with Gasteiger partial charge < -0.3 is 11.1 Å². The molecule has 0 aliphatic carbocycles. The maximum Gasteiger partial charge on any atom is 0.251 e. The molecule has 18 heavy (non-hydrogen) atoms. The number of halogens is 1. The molecule has 4 nitrogen and oxygen atoms in total. The molecule has 1 rings (SSSR count). The molecule has 2 atom stereocenters. The molecular formula is C13H17BrN2O2. The first-order valence-corrected chi connectivity index (χ1v) is 6.60. The second-order valence-corrected chi connectivity index (χ2v) is 5.17. The van der Waals surface area contributed by atoms with Crippen LogP contribution in [0.3, 0.4) is 0 Å². The van der Waals surface area contributed by atoms with E-state index in [1.807, 2.05) is 19.9 Å². The van der Waals surface area contributed by atoms with Crippen molar-refractivity contribution in [3.63, 3.8) is 0 Å². The quantitative estimate of drug-likeness (QED) is 0.873. The van der Waals surface area contributed by atoms with Crippen molar-refractivity contribution in [1.82, 2.24) is 5.32 Å². The molecule has 0 aromatic heterocycles. The van der Waals surface area contributed by atoms with Crippen LogP contribution < -0.4 is 11.1 Å². The number of hydrogen-bond acceptors (Lipinski definition) is 2. The van der Waals surface area contributed by atoms with Crippen molar-refractivity contribution in [1.29, 1.82) is 0 Å². The fourth-order valence-electron chi connectivity index (χ4n) is 1.58. The van der Waals surface area contributed by atoms with E-state index in [-0.39, 0.29) is 11.8 Å². The molecule has 0 fully saturated rings. The van der Waals surface area contributed by atoms with Crippen LogP contribution in [0, 0.1) is 5.92 Å². The van der Waals surface area contributed by atoms with Crippen LogP contribution in [0.2, 0.25) is 0 Å². The number of rotatable bonds is 5. The summed E-state index contributed by atoms with van der Waals surface area (Å²) in [6.45, 7) is 3.84. The van der Waals surface area contributed by atoms with Crippen molar-refractivity contribution < 1.29 is 9.59 Å². The van der Waals surface area contributed by atoms with E-state index in [1.165, 1.54) is 0 Å². The van der Waals surface area contributed by atoms with E-state index in [0.29, 0.717) is 5.56 Å². The topological polar surface area (TPSA) is 72.2 Å². The zero-order chi connectivity index (χ0) is 13.7. The molecule has 0 saturated heterocycles. The maximum absolute atomic E-state index is 12.0. The van der Waals surface area contributed by atoms with Crippen LogP contribution in [-0.2, 0) is 4.79 Å². The van der Waals surface area contributed by atoms with Gasteiger partial charge in [0.05, 0.1) is 0 Å². The van der Waals surface area contributed by atoms with E-state index in [0.717, 1.165) is 10.9 Å². The molecule has 0 saturated carbocycles. The van der Waals surface area contributed by atoms with Crippen LogP contribution in [0.15, 0.2) is 28.7 Å². The predicted octanol–water partition coefficient (Wildman–Crippen LogP) is 2.08. The summed E-state index contributed by atoms with van der Waals surface area (Å²) in [5.74, 6) is -0.785. The Balaban J connectivity index is 2.82. The van der Waals surface area contributed by atoms with E-state index in [4.69, 9.17) is 5.73 Å². The van der Waals surface area contributed by atoms with Crippen molar-refractivity contribution in [3.8, 4) is 0 Å². The first kappa shape index (κ1) is 14.7. The Kier molecular flexibility index (Phi) is 5.34. The van der Waals surface area contributed by atoms with Gasteiger partial charge >= 0.3 is 0 Å². The van der Waals surface area contributed by atoms with Crippen LogP contribution >= 0.6 is 15.9 Å². The van der Waals surface area contributed by atoms with Crippen molar-refractivity contribution >= 4 is 27.7 Å². The highest BCUT2D eigenvalue weighted by Gasteiger charge is 2.23. The SMILES string of the molecule is CC[C@@H](C)[C@@H](NC(=O)c1cccc(Br)c1)C(N)=O. The van der Waals surface area contributed by atoms with Gasteiger partial charge in [-0.3, -0.25) is 9.59 Å². The Morgan fingerprint density at radius 2 is 2.11 bits per heavy atom. The van der Waals surface area contributed by atoms with Gasteiger partial charge in [0.15, 0.2) is 0 Å². The van der Waals surface area contributed by atoms with Gasteiger partial charge in [-0.05, 0) is 24.1 Å². The van der Waals surface area contributed by atoms with E-state index >= 15 is 0 Å². The van der Waals surface area contributed by atoms with Gasteiger partial charge in [0, 0.05) is 10.0 Å². The molecule has 0 unspecified atom stereocenters. The minimum Gasteiger partial charge on any atom is -0.368 e. The molecule has 2 amide bonds. The molecule has 0 spiro atoms. The van der Waals surface area contributed by atoms with Gasteiger partial charge in [-0.2, -0.15) is 0 Å². The number of nitrogens with one attached hydrogen (secondary N) is 1. The molecule has 0 radical (unpaired) electrons. The number of benzene rings is 1. The first-order chi connectivity index (χ1) is 8.45. The predicted molar refractivity (Wildman–Crippen MR) is 74.0 cm³/mol. The number of amides is 2. The van der Waals surface area contributed by atoms with Crippen molar-refractivity contribution in [3.05, 3.63) is 34.3 Å². The van der Waals surface area contributed by atoms with Crippen LogP contribution in [0.4, 0.5) is 0 Å². The molecule has 0 aliphatic rings. The number of hydrogen-bond donors (Lipinski definition) is 2. The van der Waals surface area contributed by atoms with Crippen LogP contribution in [0.5, 0.6) is 0 Å². The van der Waals surface area contributed by atoms with Gasteiger partial charge in [-0.15, -0.1) is 0 Å². The number of carbonyl (C=O) groups excluding carboxylic acids is 2. The van der Waals surface area contributed by atoms with Gasteiger partial charge in [0.2, 0.25) is 5.91 Å². The minimum atomic E-state index is -0.638. The van der Waals surface area contributed by atoms with Crippen LogP contribution in [0.1, 0.15) is 30.6 Å². The molecule has 0 heterocycles. The number of nitrogens with two attached hydrogens (primary N) is 1. The molecule has 1 aromatic carbocycles. The number of primary amides is 1. The molecule has 0 aliphatic heterocycles. The van der Waals surface area contributed by atoms with Crippen molar-refractivity contribution in [2.24, 2.45) is 11.7 Å². The zero-order valence-electron chi connectivity index (χ0n) is 10.4. The summed E-state index contributed by atoms with van der Waals surface area (Å²) in [6, 6.07) is 6.35. The normalized spacial score (nSPS) is 13.7. The Morgan fingerprint density at radius 1 is 1.44 bits per heavy atom. The maximum atomic E-state index is 12.0. The Bertz CT molecular complexity index is 448. The molecule has 5 heteroatoms. The lowest BCUT2D eigenvalue weighted by atomic mass is 9.98. The summed E-state index contributed by atoms with van der Waals surface area (Å²) in [5.41, 5.74) is 5.81. The lowest BCUT2D eigenvalue weighted by molar-refractivity contribution is -0.120. The Labute approximate surface area is 115 Å². The average Bonchev–Trinajstić information content (AvgIpc) is 2.34. The van der Waals surface area contributed by atoms with Crippen molar-refractivity contribution in [2.45, 2.75) is 26.3 Å². The highest BCUT2D eigenvalue weighted by atomic mass is 79.9. The fourth-order valence-corrected chi connectivity index (χ4v) is 1.98. The van der Waals surface area contributed by atoms with E-state index in [1.54, 1.807) is 18.2 Å². The molecule has 1 aromatic rings. The minimum absolute atomic E-state index is 0.0126. The van der Waals surface area contributed by atoms with E-state index < -0.39 is 11.9 Å². The summed E-state index contributed by atoms with van der Waals surface area (Å²) >= 11 is 3.30. The van der Waals surface area contributed by atoms with Crippen LogP contribution in [0.25, 0.3) is 0 Å². The largest absolute Gasteiger partial charge is 0.368 e. The van der Waals surface area contributed by atoms with Gasteiger partial charge in [0.25, 0.3) is 5.91 Å². The van der Waals surface area contributed by atoms with E-state index in [9.17, 15) is 9.59 Å². The molecular weight excluding hydrogens is 296 g/mol. The van der Waals surface area contributed by atoms with Gasteiger partial charge in [-0.1, -0.05) is 42.3 Å². The Hall–Kier alpha value is -1.36. The summed E-state index contributed by atoms with van der Waals surface area (Å²) in [5, 5.41) is 2.68. The highest BCUT2D eigenvalue weighted by molar-refractivity contribution is 9.10. The Morgan fingerprint density at radius 3 is 2.61 bits per heavy atom. The standard InChI is InChI=1S/C13H17BrN2O2/c1-3-8(2)11(12(15)17)16-13(18)9-5-4-6-10(14)7-9/h4-8,11H,3H2,1-2H3,(H2,15,17)(H,16,18)/t8-,11-/m1/s1. The third kappa shape index (κ3) is 3.84. The summed E-state index contributed by atoms with van der Waals surface area (Å²) in [4.78, 5) is 23.3. The zero-order valence-corrected chi connectivity index (χ0v) is 12.0. The number of carbonyl (C=O) groups is 2. The molecule has 0 bridgehead atoms. The third-order valence-corrected chi connectivity index (χ3v) is 3.39. The first-order valence-electron chi connectivity index (χ1n) is 5.81. The lowest BCUT2D eigenvalue weighted by Crippen LogP contribution is -2.48. The third-order valence-electron chi connectivity index (χ3n) is 2.89. The van der Waals surface area contributed by atoms with Crippen LogP contribution in [-0.4, -0.2) is 17.9 Å². The fraction of sp³-hybridized carbons (Fsp3) is 0.385. The lowest BCUT2D eigenvalue weighted by Gasteiger charge is -2.21. The molecule has 3 N–H and O–H groups in total. The van der Waals surface area contributed by atoms with Crippen molar-refractivity contribution in [2.75, 3.05) is 0 Å².